The second-order valence-corrected chi connectivity index (χ2v) is 15.6. The van der Waals surface area contributed by atoms with Crippen molar-refractivity contribution in [2.24, 2.45) is 0 Å². The first-order valence-corrected chi connectivity index (χ1v) is 14.3. The van der Waals surface area contributed by atoms with Crippen LogP contribution in [0.25, 0.3) is 0 Å². The Morgan fingerprint density at radius 3 is 2.38 bits per heavy atom. The third kappa shape index (κ3) is 7.41. The molecule has 2 aromatic rings. The molecule has 0 unspecified atom stereocenters. The van der Waals surface area contributed by atoms with Gasteiger partial charge in [-0.25, -0.2) is 4.79 Å². The molecular weight excluding hydrogens is 448 g/mol. The monoisotopic (exact) mass is 486 g/mol. The van der Waals surface area contributed by atoms with Crippen LogP contribution in [-0.2, 0) is 15.6 Å². The van der Waals surface area contributed by atoms with Gasteiger partial charge in [0.25, 0.3) is 0 Å². The van der Waals surface area contributed by atoms with Gasteiger partial charge in [0.05, 0.1) is 17.4 Å². The minimum absolute atomic E-state index is 0.00116. The lowest BCUT2D eigenvalue weighted by molar-refractivity contribution is -0.105. The Morgan fingerprint density at radius 2 is 1.79 bits per heavy atom. The number of carbonyl (C=O) groups excluding carboxylic acids is 1. The van der Waals surface area contributed by atoms with Crippen molar-refractivity contribution in [3.63, 3.8) is 0 Å². The lowest BCUT2D eigenvalue weighted by Crippen LogP contribution is -2.47. The Morgan fingerprint density at radius 1 is 1.12 bits per heavy atom. The van der Waals surface area contributed by atoms with E-state index in [9.17, 15) is 19.8 Å². The number of carboxylic acid groups (broad SMARTS) is 1. The summed E-state index contributed by atoms with van der Waals surface area (Å²) in [6.07, 6.45) is 0.863. The molecule has 0 bridgehead atoms. The van der Waals surface area contributed by atoms with Crippen LogP contribution < -0.4 is 10.6 Å². The number of anilines is 1. The van der Waals surface area contributed by atoms with Crippen LogP contribution in [0.3, 0.4) is 0 Å². The number of amides is 1. The van der Waals surface area contributed by atoms with Crippen molar-refractivity contribution in [3.8, 4) is 5.75 Å². The lowest BCUT2D eigenvalue weighted by atomic mass is 9.93. The largest absolute Gasteiger partial charge is 0.506 e. The zero-order chi connectivity index (χ0) is 25.7. The van der Waals surface area contributed by atoms with Gasteiger partial charge in [-0.05, 0) is 73.8 Å². The average molecular weight is 487 g/mol. The molecule has 0 spiro atoms. The molecule has 186 valence electrons. The number of hydrogen-bond acceptors (Lipinski definition) is 5. The molecule has 0 aromatic heterocycles. The summed E-state index contributed by atoms with van der Waals surface area (Å²) in [5.74, 6) is -0.948. The number of benzene rings is 2. The fraction of sp³-hybridized carbons (Fsp3) is 0.462. The quantitative estimate of drug-likeness (QED) is 0.194. The van der Waals surface area contributed by atoms with Gasteiger partial charge in [0.2, 0.25) is 6.41 Å². The number of nitrogens with one attached hydrogen (secondary N) is 2. The second-order valence-electron chi connectivity index (χ2n) is 10.9. The number of carbonyl (C=O) groups is 2. The number of phenolic OH excluding ortho intramolecular Hbond substituents is 1. The van der Waals surface area contributed by atoms with E-state index in [0.29, 0.717) is 25.1 Å². The molecule has 34 heavy (non-hydrogen) atoms. The Bertz CT molecular complexity index is 1010. The van der Waals surface area contributed by atoms with Gasteiger partial charge >= 0.3 is 5.97 Å². The molecule has 0 aliphatic rings. The van der Waals surface area contributed by atoms with Crippen molar-refractivity contribution in [2.45, 2.75) is 70.8 Å². The van der Waals surface area contributed by atoms with Crippen LogP contribution in [0.15, 0.2) is 42.5 Å². The molecule has 4 N–H and O–H groups in total. The summed E-state index contributed by atoms with van der Waals surface area (Å²) < 4.78 is 6.76. The highest BCUT2D eigenvalue weighted by Crippen LogP contribution is 2.40. The van der Waals surface area contributed by atoms with Crippen LogP contribution in [0.4, 0.5) is 5.69 Å². The highest BCUT2D eigenvalue weighted by Gasteiger charge is 2.39. The number of aromatic hydroxyl groups is 1. The summed E-state index contributed by atoms with van der Waals surface area (Å²) in [4.78, 5) is 22.3. The maximum Gasteiger partial charge on any atom is 0.335 e. The Labute approximate surface area is 203 Å². The van der Waals surface area contributed by atoms with Gasteiger partial charge in [0, 0.05) is 12.1 Å². The Balaban J connectivity index is 2.29. The summed E-state index contributed by atoms with van der Waals surface area (Å²) >= 11 is 0. The van der Waals surface area contributed by atoms with E-state index in [1.165, 1.54) is 0 Å². The highest BCUT2D eigenvalue weighted by molar-refractivity contribution is 6.74. The van der Waals surface area contributed by atoms with Crippen molar-refractivity contribution in [1.29, 1.82) is 0 Å². The third-order valence-electron chi connectivity index (χ3n) is 6.44. The summed E-state index contributed by atoms with van der Waals surface area (Å²) in [6.45, 7) is 15.6. The van der Waals surface area contributed by atoms with Crippen LogP contribution in [0.1, 0.15) is 62.2 Å². The van der Waals surface area contributed by atoms with Crippen LogP contribution in [0.2, 0.25) is 18.1 Å². The van der Waals surface area contributed by atoms with Gasteiger partial charge in [0.1, 0.15) is 5.75 Å². The van der Waals surface area contributed by atoms with Crippen molar-refractivity contribution < 1.29 is 24.2 Å². The summed E-state index contributed by atoms with van der Waals surface area (Å²) in [5, 5.41) is 25.5. The molecule has 1 atom stereocenters. The van der Waals surface area contributed by atoms with Crippen LogP contribution in [0, 0.1) is 0 Å². The number of aromatic carboxylic acids is 1. The molecule has 0 heterocycles. The topological polar surface area (TPSA) is 108 Å². The van der Waals surface area contributed by atoms with Crippen LogP contribution >= 0.6 is 0 Å². The summed E-state index contributed by atoms with van der Waals surface area (Å²) in [7, 11) is -2.15. The van der Waals surface area contributed by atoms with Gasteiger partial charge in [-0.1, -0.05) is 39.0 Å². The SMILES string of the molecule is CC(C)(Cc1cccc(C(=O)O)c1)NC[C@@H](O[Si](C)(C)C(C)(C)C)c1ccc(O)c(NC=O)c1. The van der Waals surface area contributed by atoms with E-state index in [-0.39, 0.29) is 28.0 Å². The van der Waals surface area contributed by atoms with Gasteiger partial charge in [0.15, 0.2) is 8.32 Å². The molecule has 7 nitrogen and oxygen atoms in total. The molecule has 0 radical (unpaired) electrons. The van der Waals surface area contributed by atoms with E-state index in [0.717, 1.165) is 11.1 Å². The number of hydrogen-bond donors (Lipinski definition) is 4. The zero-order valence-corrected chi connectivity index (χ0v) is 22.2. The predicted molar refractivity (Wildman–Crippen MR) is 138 cm³/mol. The second kappa shape index (κ2) is 10.7. The number of phenols is 1. The first-order chi connectivity index (χ1) is 15.6. The van der Waals surface area contributed by atoms with Crippen molar-refractivity contribution in [2.75, 3.05) is 11.9 Å². The number of rotatable bonds is 11. The fourth-order valence-corrected chi connectivity index (χ4v) is 4.73. The van der Waals surface area contributed by atoms with Crippen LogP contribution in [0.5, 0.6) is 5.75 Å². The maximum atomic E-state index is 11.3. The first-order valence-electron chi connectivity index (χ1n) is 11.4. The molecule has 2 rings (SSSR count). The van der Waals surface area contributed by atoms with E-state index in [1.54, 1.807) is 30.3 Å². The maximum absolute atomic E-state index is 11.3. The van der Waals surface area contributed by atoms with Gasteiger partial charge < -0.3 is 25.3 Å². The third-order valence-corrected chi connectivity index (χ3v) is 10.9. The normalized spacial score (nSPS) is 13.4. The standard InChI is InChI=1S/C26H38N2O5Si/c1-25(2,3)34(6,7)33-23(19-11-12-22(30)21(14-19)27-17-29)16-28-26(4,5)15-18-9-8-10-20(13-18)24(31)32/h8-14,17,23,28,30H,15-16H2,1-7H3,(H,27,29)(H,31,32)/t23-/m1/s1. The molecule has 0 saturated heterocycles. The molecule has 0 aliphatic heterocycles. The molecule has 0 fully saturated rings. The van der Waals surface area contributed by atoms with Gasteiger partial charge in [-0.15, -0.1) is 0 Å². The van der Waals surface area contributed by atoms with Gasteiger partial charge in [-0.3, -0.25) is 4.79 Å². The van der Waals surface area contributed by atoms with Crippen LogP contribution in [-0.4, -0.2) is 43.0 Å². The van der Waals surface area contributed by atoms with E-state index in [4.69, 9.17) is 4.43 Å². The minimum Gasteiger partial charge on any atom is -0.506 e. The lowest BCUT2D eigenvalue weighted by Gasteiger charge is -2.40. The van der Waals surface area contributed by atoms with E-state index in [2.05, 4.69) is 58.3 Å². The smallest absolute Gasteiger partial charge is 0.335 e. The highest BCUT2D eigenvalue weighted by atomic mass is 28.4. The fourth-order valence-electron chi connectivity index (χ4n) is 3.45. The molecule has 8 heteroatoms. The van der Waals surface area contributed by atoms with Crippen molar-refractivity contribution >= 4 is 26.4 Å². The minimum atomic E-state index is -2.15. The number of carboxylic acids is 1. The van der Waals surface area contributed by atoms with Crippen molar-refractivity contribution in [3.05, 3.63) is 59.2 Å². The van der Waals surface area contributed by atoms with Crippen molar-refractivity contribution in [1.82, 2.24) is 5.32 Å². The molecule has 0 saturated carbocycles. The molecule has 0 aliphatic carbocycles. The van der Waals surface area contributed by atoms with E-state index >= 15 is 0 Å². The molecular formula is C26H38N2O5Si. The Hall–Kier alpha value is -2.68. The summed E-state index contributed by atoms with van der Waals surface area (Å²) in [5.41, 5.74) is 2.05. The summed E-state index contributed by atoms with van der Waals surface area (Å²) in [6, 6.07) is 12.1. The van der Waals surface area contributed by atoms with E-state index < -0.39 is 14.3 Å². The van der Waals surface area contributed by atoms with Gasteiger partial charge in [-0.2, -0.15) is 0 Å². The average Bonchev–Trinajstić information content (AvgIpc) is 2.72. The molecule has 1 amide bonds. The van der Waals surface area contributed by atoms with E-state index in [1.807, 2.05) is 12.1 Å². The zero-order valence-electron chi connectivity index (χ0n) is 21.2. The predicted octanol–water partition coefficient (Wildman–Crippen LogP) is 5.33. The molecule has 2 aromatic carbocycles. The first kappa shape index (κ1) is 27.6. The Kier molecular flexibility index (Phi) is 8.68.